The zero-order valence-electron chi connectivity index (χ0n) is 9.47. The van der Waals surface area contributed by atoms with Crippen LogP contribution in [0, 0.1) is 0 Å². The number of carbonyl (C=O) groups is 1. The summed E-state index contributed by atoms with van der Waals surface area (Å²) in [4.78, 5) is 14.9. The summed E-state index contributed by atoms with van der Waals surface area (Å²) in [5.41, 5.74) is 4.01. The summed E-state index contributed by atoms with van der Waals surface area (Å²) >= 11 is 0. The van der Waals surface area contributed by atoms with Crippen LogP contribution < -0.4 is 5.43 Å². The molecule has 0 aliphatic heterocycles. The highest BCUT2D eigenvalue weighted by molar-refractivity contribution is 6.06. The van der Waals surface area contributed by atoms with Gasteiger partial charge in [0, 0.05) is 23.3 Å². The average molecular weight is 227 g/mol. The molecule has 4 heteroatoms. The predicted octanol–water partition coefficient (Wildman–Crippen LogP) is 2.46. The zero-order valence-corrected chi connectivity index (χ0v) is 9.47. The van der Waals surface area contributed by atoms with Gasteiger partial charge in [-0.3, -0.25) is 4.79 Å². The van der Waals surface area contributed by atoms with E-state index in [1.165, 1.54) is 6.21 Å². The molecule has 17 heavy (non-hydrogen) atoms. The number of hydrogen-bond donors (Lipinski definition) is 2. The van der Waals surface area contributed by atoms with Crippen molar-refractivity contribution in [2.45, 2.75) is 6.92 Å². The molecule has 0 bridgehead atoms. The lowest BCUT2D eigenvalue weighted by atomic mass is 10.2. The van der Waals surface area contributed by atoms with E-state index in [4.69, 9.17) is 0 Å². The van der Waals surface area contributed by atoms with Crippen LogP contribution in [0.4, 0.5) is 0 Å². The van der Waals surface area contributed by atoms with Crippen LogP contribution in [0.2, 0.25) is 0 Å². The van der Waals surface area contributed by atoms with Crippen LogP contribution in [0.1, 0.15) is 17.3 Å². The second-order valence-electron chi connectivity index (χ2n) is 3.49. The molecule has 1 aromatic carbocycles. The number of allylic oxidation sites excluding steroid dienone is 2. The Morgan fingerprint density at radius 2 is 2.24 bits per heavy atom. The summed E-state index contributed by atoms with van der Waals surface area (Å²) in [6.45, 7) is 1.88. The minimum Gasteiger partial charge on any atom is -0.360 e. The molecular weight excluding hydrogens is 214 g/mol. The van der Waals surface area contributed by atoms with E-state index in [1.807, 2.05) is 37.3 Å². The maximum absolute atomic E-state index is 11.8. The first-order valence-corrected chi connectivity index (χ1v) is 5.33. The van der Waals surface area contributed by atoms with Crippen LogP contribution in [-0.4, -0.2) is 17.1 Å². The summed E-state index contributed by atoms with van der Waals surface area (Å²) < 4.78 is 0. The number of aromatic nitrogens is 1. The first-order chi connectivity index (χ1) is 8.33. The van der Waals surface area contributed by atoms with E-state index in [0.29, 0.717) is 5.56 Å². The number of nitrogens with zero attached hydrogens (tertiary/aromatic N) is 1. The molecule has 0 saturated heterocycles. The molecule has 0 saturated carbocycles. The number of benzene rings is 1. The SMILES string of the molecule is C/C=C/C=N/NC(=O)c1c[nH]c2ccccc12. The molecule has 0 atom stereocenters. The summed E-state index contributed by atoms with van der Waals surface area (Å²) in [5.74, 6) is -0.219. The Morgan fingerprint density at radius 3 is 3.06 bits per heavy atom. The molecule has 1 amide bonds. The Hall–Kier alpha value is -2.36. The van der Waals surface area contributed by atoms with Crippen molar-refractivity contribution >= 4 is 23.0 Å². The molecule has 0 aliphatic rings. The molecule has 0 spiro atoms. The normalized spacial score (nSPS) is 11.6. The monoisotopic (exact) mass is 227 g/mol. The van der Waals surface area contributed by atoms with Crippen LogP contribution in [0.5, 0.6) is 0 Å². The van der Waals surface area contributed by atoms with Crippen molar-refractivity contribution in [1.82, 2.24) is 10.4 Å². The van der Waals surface area contributed by atoms with Gasteiger partial charge >= 0.3 is 0 Å². The third-order valence-corrected chi connectivity index (χ3v) is 2.35. The van der Waals surface area contributed by atoms with Gasteiger partial charge in [0.1, 0.15) is 0 Å². The van der Waals surface area contributed by atoms with E-state index in [0.717, 1.165) is 10.9 Å². The van der Waals surface area contributed by atoms with Gasteiger partial charge in [-0.2, -0.15) is 5.10 Å². The number of hydrogen-bond acceptors (Lipinski definition) is 2. The van der Waals surface area contributed by atoms with Crippen molar-refractivity contribution in [1.29, 1.82) is 0 Å². The quantitative estimate of drug-likeness (QED) is 0.614. The summed E-state index contributed by atoms with van der Waals surface area (Å²) in [5, 5.41) is 4.69. The number of H-pyrrole nitrogens is 1. The second kappa shape index (κ2) is 5.12. The first-order valence-electron chi connectivity index (χ1n) is 5.33. The van der Waals surface area contributed by atoms with Gasteiger partial charge in [-0.25, -0.2) is 5.43 Å². The van der Waals surface area contributed by atoms with Gasteiger partial charge in [0.25, 0.3) is 5.91 Å². The Kier molecular flexibility index (Phi) is 3.35. The van der Waals surface area contributed by atoms with Crippen molar-refractivity contribution in [3.63, 3.8) is 0 Å². The predicted molar refractivity (Wildman–Crippen MR) is 69.1 cm³/mol. The van der Waals surface area contributed by atoms with Gasteiger partial charge in [0.15, 0.2) is 0 Å². The van der Waals surface area contributed by atoms with Gasteiger partial charge in [-0.1, -0.05) is 24.3 Å². The number of para-hydroxylation sites is 1. The lowest BCUT2D eigenvalue weighted by Gasteiger charge is -1.96. The average Bonchev–Trinajstić information content (AvgIpc) is 2.78. The van der Waals surface area contributed by atoms with E-state index in [-0.39, 0.29) is 5.91 Å². The lowest BCUT2D eigenvalue weighted by Crippen LogP contribution is -2.16. The highest BCUT2D eigenvalue weighted by atomic mass is 16.2. The number of amides is 1. The molecule has 4 nitrogen and oxygen atoms in total. The van der Waals surface area contributed by atoms with Crippen molar-refractivity contribution in [2.75, 3.05) is 0 Å². The molecule has 0 radical (unpaired) electrons. The largest absolute Gasteiger partial charge is 0.360 e. The fraction of sp³-hybridized carbons (Fsp3) is 0.0769. The van der Waals surface area contributed by atoms with Crippen molar-refractivity contribution in [2.24, 2.45) is 5.10 Å². The highest BCUT2D eigenvalue weighted by Crippen LogP contribution is 2.17. The molecule has 1 heterocycles. The van der Waals surface area contributed by atoms with Crippen molar-refractivity contribution < 1.29 is 4.79 Å². The number of fused-ring (bicyclic) bond motifs is 1. The van der Waals surface area contributed by atoms with Crippen LogP contribution in [-0.2, 0) is 0 Å². The lowest BCUT2D eigenvalue weighted by molar-refractivity contribution is 0.0957. The van der Waals surface area contributed by atoms with Crippen LogP contribution in [0.25, 0.3) is 10.9 Å². The zero-order chi connectivity index (χ0) is 12.1. The molecule has 0 unspecified atom stereocenters. The van der Waals surface area contributed by atoms with Crippen molar-refractivity contribution in [3.8, 4) is 0 Å². The minimum absolute atomic E-state index is 0.219. The highest BCUT2D eigenvalue weighted by Gasteiger charge is 2.09. The van der Waals surface area contributed by atoms with Crippen LogP contribution in [0.3, 0.4) is 0 Å². The second-order valence-corrected chi connectivity index (χ2v) is 3.49. The number of aromatic amines is 1. The molecular formula is C13H13N3O. The fourth-order valence-corrected chi connectivity index (χ4v) is 1.54. The summed E-state index contributed by atoms with van der Waals surface area (Å²) in [6, 6.07) is 7.65. The van der Waals surface area contributed by atoms with Gasteiger partial charge < -0.3 is 4.98 Å². The number of rotatable bonds is 3. The Morgan fingerprint density at radius 1 is 1.41 bits per heavy atom. The fourth-order valence-electron chi connectivity index (χ4n) is 1.54. The Balaban J connectivity index is 2.19. The summed E-state index contributed by atoms with van der Waals surface area (Å²) in [6.07, 6.45) is 6.80. The molecule has 0 fully saturated rings. The van der Waals surface area contributed by atoms with E-state index >= 15 is 0 Å². The van der Waals surface area contributed by atoms with Gasteiger partial charge in [0.05, 0.1) is 5.56 Å². The van der Waals surface area contributed by atoms with Gasteiger partial charge in [0.2, 0.25) is 0 Å². The molecule has 1 aromatic heterocycles. The first kappa shape index (κ1) is 11.1. The Bertz CT molecular complexity index is 581. The van der Waals surface area contributed by atoms with E-state index in [2.05, 4.69) is 15.5 Å². The molecule has 86 valence electrons. The van der Waals surface area contributed by atoms with Crippen LogP contribution in [0.15, 0.2) is 47.7 Å². The third kappa shape index (κ3) is 2.42. The van der Waals surface area contributed by atoms with E-state index < -0.39 is 0 Å². The molecule has 2 rings (SSSR count). The number of hydrazone groups is 1. The molecule has 0 aliphatic carbocycles. The molecule has 2 aromatic rings. The van der Waals surface area contributed by atoms with Crippen molar-refractivity contribution in [3.05, 3.63) is 48.2 Å². The van der Waals surface area contributed by atoms with Crippen LogP contribution >= 0.6 is 0 Å². The van der Waals surface area contributed by atoms with E-state index in [9.17, 15) is 4.79 Å². The standard InChI is InChI=1S/C13H13N3O/c1-2-3-8-15-16-13(17)11-9-14-12-7-5-4-6-10(11)12/h2-9,14H,1H3,(H,16,17)/b3-2+,15-8+. The summed E-state index contributed by atoms with van der Waals surface area (Å²) in [7, 11) is 0. The minimum atomic E-state index is -0.219. The topological polar surface area (TPSA) is 57.2 Å². The molecule has 2 N–H and O–H groups in total. The third-order valence-electron chi connectivity index (χ3n) is 2.35. The van der Waals surface area contributed by atoms with E-state index in [1.54, 1.807) is 12.3 Å². The smallest absolute Gasteiger partial charge is 0.273 e. The maximum atomic E-state index is 11.8. The number of nitrogens with one attached hydrogen (secondary N) is 2. The van der Waals surface area contributed by atoms with Gasteiger partial charge in [-0.05, 0) is 19.1 Å². The number of carbonyl (C=O) groups excluding carboxylic acids is 1. The Labute approximate surface area is 99.0 Å². The maximum Gasteiger partial charge on any atom is 0.273 e. The van der Waals surface area contributed by atoms with Gasteiger partial charge in [-0.15, -0.1) is 0 Å².